The van der Waals surface area contributed by atoms with Crippen molar-refractivity contribution in [1.82, 2.24) is 15.8 Å². The van der Waals surface area contributed by atoms with Gasteiger partial charge in [0.05, 0.1) is 11.1 Å². The minimum atomic E-state index is -0.718. The maximum absolute atomic E-state index is 13.2. The number of rotatable bonds is 4. The summed E-state index contributed by atoms with van der Waals surface area (Å²) in [5.74, 6) is -0.591. The van der Waals surface area contributed by atoms with E-state index in [1.807, 2.05) is 60.7 Å². The van der Waals surface area contributed by atoms with Gasteiger partial charge in [0.2, 0.25) is 5.91 Å². The van der Waals surface area contributed by atoms with Crippen LogP contribution in [0.2, 0.25) is 0 Å². The Morgan fingerprint density at radius 1 is 0.967 bits per heavy atom. The van der Waals surface area contributed by atoms with Crippen LogP contribution in [0.4, 0.5) is 0 Å². The number of hydrogen-bond acceptors (Lipinski definition) is 5. The highest BCUT2D eigenvalue weighted by Crippen LogP contribution is 2.35. The third-order valence-corrected chi connectivity index (χ3v) is 6.63. The van der Waals surface area contributed by atoms with E-state index >= 15 is 0 Å². The molecule has 30 heavy (non-hydrogen) atoms. The molecule has 1 fully saturated rings. The number of carbonyl (C=O) groups is 2. The lowest BCUT2D eigenvalue weighted by molar-refractivity contribution is -0.131. The zero-order valence-corrected chi connectivity index (χ0v) is 17.5. The lowest BCUT2D eigenvalue weighted by atomic mass is 9.73. The molecule has 0 unspecified atom stereocenters. The molecular formula is C23H23N3O3S. The Morgan fingerprint density at radius 2 is 1.60 bits per heavy atom. The molecule has 1 saturated heterocycles. The fourth-order valence-corrected chi connectivity index (χ4v) is 4.69. The first-order valence-electron chi connectivity index (χ1n) is 9.87. The molecule has 1 aliphatic heterocycles. The maximum Gasteiger partial charge on any atom is 0.281 e. The summed E-state index contributed by atoms with van der Waals surface area (Å²) in [5, 5.41) is 0.773. The smallest absolute Gasteiger partial charge is 0.281 e. The van der Waals surface area contributed by atoms with Crippen molar-refractivity contribution < 1.29 is 14.3 Å². The van der Waals surface area contributed by atoms with Crippen LogP contribution in [0.3, 0.4) is 0 Å². The number of ether oxygens (including phenoxy) is 1. The van der Waals surface area contributed by atoms with E-state index in [-0.39, 0.29) is 11.8 Å². The van der Waals surface area contributed by atoms with Gasteiger partial charge in [-0.1, -0.05) is 60.7 Å². The Kier molecular flexibility index (Phi) is 5.92. The molecule has 0 atom stereocenters. The van der Waals surface area contributed by atoms with Crippen LogP contribution >= 0.6 is 11.3 Å². The van der Waals surface area contributed by atoms with Crippen LogP contribution in [0.25, 0.3) is 10.6 Å². The molecule has 0 bridgehead atoms. The number of nitrogens with one attached hydrogen (secondary N) is 2. The first-order valence-corrected chi connectivity index (χ1v) is 10.7. The van der Waals surface area contributed by atoms with Crippen molar-refractivity contribution in [3.05, 3.63) is 76.8 Å². The van der Waals surface area contributed by atoms with Crippen LogP contribution < -0.4 is 10.9 Å². The molecule has 0 aliphatic carbocycles. The summed E-state index contributed by atoms with van der Waals surface area (Å²) >= 11 is 1.31. The molecule has 7 heteroatoms. The molecular weight excluding hydrogens is 398 g/mol. The van der Waals surface area contributed by atoms with Gasteiger partial charge in [0, 0.05) is 18.8 Å². The minimum Gasteiger partial charge on any atom is -0.381 e. The van der Waals surface area contributed by atoms with Crippen molar-refractivity contribution in [3.8, 4) is 10.6 Å². The molecule has 0 radical (unpaired) electrons. The Bertz CT molecular complexity index is 1030. The molecule has 2 aromatic carbocycles. The van der Waals surface area contributed by atoms with Crippen molar-refractivity contribution in [1.29, 1.82) is 0 Å². The number of aryl methyl sites for hydroxylation is 1. The Balaban J connectivity index is 1.49. The fourth-order valence-electron chi connectivity index (χ4n) is 3.73. The van der Waals surface area contributed by atoms with Crippen LogP contribution in [0.15, 0.2) is 60.7 Å². The quantitative estimate of drug-likeness (QED) is 0.631. The summed E-state index contributed by atoms with van der Waals surface area (Å²) in [7, 11) is 0. The normalized spacial score (nSPS) is 15.4. The van der Waals surface area contributed by atoms with Gasteiger partial charge in [0.25, 0.3) is 5.91 Å². The van der Waals surface area contributed by atoms with E-state index in [1.165, 1.54) is 11.3 Å². The zero-order chi connectivity index (χ0) is 21.0. The van der Waals surface area contributed by atoms with E-state index in [9.17, 15) is 9.59 Å². The number of benzene rings is 2. The molecule has 2 N–H and O–H groups in total. The van der Waals surface area contributed by atoms with Crippen LogP contribution in [0.1, 0.15) is 33.8 Å². The highest BCUT2D eigenvalue weighted by atomic mass is 32.1. The summed E-state index contributed by atoms with van der Waals surface area (Å²) in [4.78, 5) is 30.9. The molecule has 1 aromatic heterocycles. The van der Waals surface area contributed by atoms with Crippen molar-refractivity contribution in [2.45, 2.75) is 25.2 Å². The molecule has 3 aromatic rings. The van der Waals surface area contributed by atoms with E-state index in [0.717, 1.165) is 16.1 Å². The van der Waals surface area contributed by atoms with Crippen molar-refractivity contribution in [2.75, 3.05) is 13.2 Å². The van der Waals surface area contributed by atoms with Gasteiger partial charge >= 0.3 is 0 Å². The SMILES string of the molecule is Cc1nc(-c2ccccc2)sc1C(=O)NNC(=O)C1(c2ccccc2)CCOCC1. The molecule has 2 amide bonds. The predicted molar refractivity (Wildman–Crippen MR) is 116 cm³/mol. The van der Waals surface area contributed by atoms with Gasteiger partial charge in [0.15, 0.2) is 0 Å². The third-order valence-electron chi connectivity index (χ3n) is 5.42. The van der Waals surface area contributed by atoms with Crippen molar-refractivity contribution >= 4 is 23.2 Å². The van der Waals surface area contributed by atoms with Crippen molar-refractivity contribution in [2.24, 2.45) is 0 Å². The summed E-state index contributed by atoms with van der Waals surface area (Å²) in [6, 6.07) is 19.4. The first-order chi connectivity index (χ1) is 14.6. The van der Waals surface area contributed by atoms with E-state index in [4.69, 9.17) is 4.74 Å². The zero-order valence-electron chi connectivity index (χ0n) is 16.7. The van der Waals surface area contributed by atoms with Gasteiger partial charge in [-0.2, -0.15) is 0 Å². The Hall–Kier alpha value is -3.03. The lowest BCUT2D eigenvalue weighted by Gasteiger charge is -2.36. The van der Waals surface area contributed by atoms with Crippen LogP contribution in [0.5, 0.6) is 0 Å². The van der Waals surface area contributed by atoms with Gasteiger partial charge in [-0.25, -0.2) is 4.98 Å². The van der Waals surface area contributed by atoms with Gasteiger partial charge in [0.1, 0.15) is 9.88 Å². The predicted octanol–water partition coefficient (Wildman–Crippen LogP) is 3.63. The highest BCUT2D eigenvalue weighted by molar-refractivity contribution is 7.17. The average molecular weight is 422 g/mol. The van der Waals surface area contributed by atoms with Gasteiger partial charge < -0.3 is 4.74 Å². The number of nitrogens with zero attached hydrogens (tertiary/aromatic N) is 1. The van der Waals surface area contributed by atoms with E-state index < -0.39 is 5.41 Å². The molecule has 0 spiro atoms. The molecule has 4 rings (SSSR count). The molecule has 0 saturated carbocycles. The van der Waals surface area contributed by atoms with Crippen LogP contribution in [0, 0.1) is 6.92 Å². The molecule has 1 aliphatic rings. The molecule has 2 heterocycles. The highest BCUT2D eigenvalue weighted by Gasteiger charge is 2.41. The first kappa shape index (κ1) is 20.3. The average Bonchev–Trinajstić information content (AvgIpc) is 3.20. The number of aromatic nitrogens is 1. The monoisotopic (exact) mass is 421 g/mol. The van der Waals surface area contributed by atoms with E-state index in [1.54, 1.807) is 6.92 Å². The summed E-state index contributed by atoms with van der Waals surface area (Å²) in [5.41, 5.74) is 7.04. The second-order valence-electron chi connectivity index (χ2n) is 7.27. The maximum atomic E-state index is 13.2. The Morgan fingerprint density at radius 3 is 2.27 bits per heavy atom. The number of carbonyl (C=O) groups excluding carboxylic acids is 2. The van der Waals surface area contributed by atoms with Crippen molar-refractivity contribution in [3.63, 3.8) is 0 Å². The summed E-state index contributed by atoms with van der Waals surface area (Å²) in [6.45, 7) is 2.80. The minimum absolute atomic E-state index is 0.226. The van der Waals surface area contributed by atoms with E-state index in [2.05, 4.69) is 15.8 Å². The van der Waals surface area contributed by atoms with Gasteiger partial charge in [-0.15, -0.1) is 11.3 Å². The molecule has 154 valence electrons. The largest absolute Gasteiger partial charge is 0.381 e. The Labute approximate surface area is 179 Å². The second kappa shape index (κ2) is 8.77. The van der Waals surface area contributed by atoms with Crippen LogP contribution in [-0.4, -0.2) is 30.0 Å². The standard InChI is InChI=1S/C23H23N3O3S/c1-16-19(30-21(24-16)17-8-4-2-5-9-17)20(27)25-26-22(28)23(12-14-29-15-13-23)18-10-6-3-7-11-18/h2-11H,12-15H2,1H3,(H,25,27)(H,26,28). The van der Waals surface area contributed by atoms with Crippen LogP contribution in [-0.2, 0) is 14.9 Å². The summed E-state index contributed by atoms with van der Waals surface area (Å²) in [6.07, 6.45) is 1.13. The number of hydrogen-bond donors (Lipinski definition) is 2. The number of thiazole rings is 1. The second-order valence-corrected chi connectivity index (χ2v) is 8.27. The number of amides is 2. The van der Waals surface area contributed by atoms with Gasteiger partial charge in [-0.05, 0) is 25.3 Å². The van der Waals surface area contributed by atoms with Gasteiger partial charge in [-0.3, -0.25) is 20.4 Å². The fraction of sp³-hybridized carbons (Fsp3) is 0.261. The number of hydrazine groups is 1. The third kappa shape index (κ3) is 3.99. The van der Waals surface area contributed by atoms with E-state index in [0.29, 0.717) is 36.6 Å². The molecule has 6 nitrogen and oxygen atoms in total. The topological polar surface area (TPSA) is 80.3 Å². The lowest BCUT2D eigenvalue weighted by Crippen LogP contribution is -2.53. The summed E-state index contributed by atoms with van der Waals surface area (Å²) < 4.78 is 5.48.